The molecular formula is C12H14F3NOS. The van der Waals surface area contributed by atoms with Gasteiger partial charge in [0.05, 0.1) is 11.4 Å². The van der Waals surface area contributed by atoms with Crippen LogP contribution in [0.15, 0.2) is 12.1 Å². The van der Waals surface area contributed by atoms with E-state index in [9.17, 15) is 18.0 Å². The molecule has 100 valence electrons. The van der Waals surface area contributed by atoms with Crippen molar-refractivity contribution in [3.63, 3.8) is 0 Å². The highest BCUT2D eigenvalue weighted by Gasteiger charge is 2.17. The van der Waals surface area contributed by atoms with Crippen molar-refractivity contribution in [2.24, 2.45) is 0 Å². The van der Waals surface area contributed by atoms with Crippen LogP contribution in [-0.2, 0) is 4.79 Å². The number of carbonyl (C=O) groups excluding carboxylic acids is 1. The average Bonchev–Trinajstić information content (AvgIpc) is 2.26. The Bertz CT molecular complexity index is 457. The molecule has 0 radical (unpaired) electrons. The summed E-state index contributed by atoms with van der Waals surface area (Å²) in [5.41, 5.74) is -0.353. The largest absolute Gasteiger partial charge is 0.323 e. The number of halogens is 3. The predicted molar refractivity (Wildman–Crippen MR) is 67.2 cm³/mol. The smallest absolute Gasteiger partial charge is 0.234 e. The van der Waals surface area contributed by atoms with Crippen molar-refractivity contribution < 1.29 is 18.0 Å². The molecular weight excluding hydrogens is 263 g/mol. The van der Waals surface area contributed by atoms with E-state index in [1.54, 1.807) is 0 Å². The van der Waals surface area contributed by atoms with Gasteiger partial charge >= 0.3 is 0 Å². The lowest BCUT2D eigenvalue weighted by molar-refractivity contribution is -0.113. The molecule has 0 saturated heterocycles. The SMILES string of the molecule is CC(C)(C)SCC(=O)Nc1ccc(F)c(F)c1F. The summed E-state index contributed by atoms with van der Waals surface area (Å²) in [6, 6.07) is 1.76. The fourth-order valence-corrected chi connectivity index (χ4v) is 1.73. The minimum Gasteiger partial charge on any atom is -0.323 e. The number of nitrogens with one attached hydrogen (secondary N) is 1. The number of carbonyl (C=O) groups is 1. The number of thioether (sulfide) groups is 1. The molecule has 0 aromatic heterocycles. The van der Waals surface area contributed by atoms with Crippen LogP contribution in [0.25, 0.3) is 0 Å². The minimum atomic E-state index is -1.59. The molecule has 0 spiro atoms. The van der Waals surface area contributed by atoms with Crippen LogP contribution in [0.2, 0.25) is 0 Å². The molecule has 1 rings (SSSR count). The number of rotatable bonds is 3. The maximum absolute atomic E-state index is 13.3. The molecule has 1 aromatic rings. The molecule has 1 aromatic carbocycles. The van der Waals surface area contributed by atoms with Crippen LogP contribution in [0.1, 0.15) is 20.8 Å². The molecule has 1 N–H and O–H groups in total. The average molecular weight is 277 g/mol. The second-order valence-electron chi connectivity index (χ2n) is 4.67. The van der Waals surface area contributed by atoms with E-state index in [2.05, 4.69) is 5.32 Å². The van der Waals surface area contributed by atoms with Gasteiger partial charge in [0.2, 0.25) is 5.91 Å². The monoisotopic (exact) mass is 277 g/mol. The van der Waals surface area contributed by atoms with Crippen molar-refractivity contribution in [1.82, 2.24) is 0 Å². The summed E-state index contributed by atoms with van der Waals surface area (Å²) in [5.74, 6) is -4.60. The molecule has 0 bridgehead atoms. The minimum absolute atomic E-state index is 0.107. The zero-order valence-electron chi connectivity index (χ0n) is 10.3. The van der Waals surface area contributed by atoms with Gasteiger partial charge in [-0.2, -0.15) is 0 Å². The number of hydrogen-bond donors (Lipinski definition) is 1. The maximum Gasteiger partial charge on any atom is 0.234 e. The van der Waals surface area contributed by atoms with Gasteiger partial charge in [-0.15, -0.1) is 11.8 Å². The summed E-state index contributed by atoms with van der Waals surface area (Å²) in [6.45, 7) is 5.80. The molecule has 0 saturated carbocycles. The number of benzene rings is 1. The maximum atomic E-state index is 13.3. The summed E-state index contributed by atoms with van der Waals surface area (Å²) in [6.07, 6.45) is 0. The van der Waals surface area contributed by atoms with E-state index < -0.39 is 23.4 Å². The molecule has 0 aliphatic carbocycles. The standard InChI is InChI=1S/C12H14F3NOS/c1-12(2,3)18-6-9(17)16-8-5-4-7(13)10(14)11(8)15/h4-5H,6H2,1-3H3,(H,16,17). The molecule has 0 aliphatic rings. The summed E-state index contributed by atoms with van der Waals surface area (Å²) in [4.78, 5) is 11.5. The van der Waals surface area contributed by atoms with Crippen molar-refractivity contribution in [1.29, 1.82) is 0 Å². The molecule has 0 unspecified atom stereocenters. The fraction of sp³-hybridized carbons (Fsp3) is 0.417. The quantitative estimate of drug-likeness (QED) is 0.856. The van der Waals surface area contributed by atoms with E-state index in [0.717, 1.165) is 12.1 Å². The second-order valence-corrected chi connectivity index (χ2v) is 6.47. The Balaban J connectivity index is 2.68. The Morgan fingerprint density at radius 2 is 1.83 bits per heavy atom. The predicted octanol–water partition coefficient (Wildman–Crippen LogP) is 3.57. The molecule has 0 aliphatic heterocycles. The topological polar surface area (TPSA) is 29.1 Å². The first-order chi connectivity index (χ1) is 8.20. The highest BCUT2D eigenvalue weighted by molar-refractivity contribution is 8.01. The summed E-state index contributed by atoms with van der Waals surface area (Å²) in [7, 11) is 0. The van der Waals surface area contributed by atoms with E-state index >= 15 is 0 Å². The summed E-state index contributed by atoms with van der Waals surface area (Å²) < 4.78 is 38.7. The van der Waals surface area contributed by atoms with Gasteiger partial charge < -0.3 is 5.32 Å². The van der Waals surface area contributed by atoms with Gasteiger partial charge in [0, 0.05) is 4.75 Å². The summed E-state index contributed by atoms with van der Waals surface area (Å²) >= 11 is 1.37. The van der Waals surface area contributed by atoms with Gasteiger partial charge in [0.15, 0.2) is 17.5 Å². The Kier molecular flexibility index (Phi) is 4.67. The van der Waals surface area contributed by atoms with Crippen molar-refractivity contribution in [3.8, 4) is 0 Å². The van der Waals surface area contributed by atoms with E-state index in [0.29, 0.717) is 0 Å². The first-order valence-corrected chi connectivity index (χ1v) is 6.26. The van der Waals surface area contributed by atoms with Crippen LogP contribution >= 0.6 is 11.8 Å². The number of anilines is 1. The van der Waals surface area contributed by atoms with E-state index in [-0.39, 0.29) is 16.2 Å². The third-order valence-electron chi connectivity index (χ3n) is 1.95. The van der Waals surface area contributed by atoms with Gasteiger partial charge in [0.25, 0.3) is 0 Å². The fourth-order valence-electron chi connectivity index (χ4n) is 1.09. The van der Waals surface area contributed by atoms with Gasteiger partial charge in [-0.25, -0.2) is 13.2 Å². The molecule has 1 amide bonds. The zero-order valence-corrected chi connectivity index (χ0v) is 11.1. The molecule has 6 heteroatoms. The van der Waals surface area contributed by atoms with Crippen LogP contribution < -0.4 is 5.32 Å². The number of hydrogen-bond acceptors (Lipinski definition) is 2. The second kappa shape index (κ2) is 5.65. The highest BCUT2D eigenvalue weighted by atomic mass is 32.2. The van der Waals surface area contributed by atoms with Crippen LogP contribution in [0.5, 0.6) is 0 Å². The van der Waals surface area contributed by atoms with Crippen molar-refractivity contribution in [2.45, 2.75) is 25.5 Å². The van der Waals surface area contributed by atoms with Crippen molar-refractivity contribution in [2.75, 3.05) is 11.1 Å². The van der Waals surface area contributed by atoms with E-state index in [1.807, 2.05) is 20.8 Å². The van der Waals surface area contributed by atoms with Gasteiger partial charge in [-0.05, 0) is 12.1 Å². The molecule has 0 heterocycles. The Morgan fingerprint density at radius 3 is 2.39 bits per heavy atom. The normalized spacial score (nSPS) is 11.4. The van der Waals surface area contributed by atoms with E-state index in [4.69, 9.17) is 0 Å². The van der Waals surface area contributed by atoms with Crippen LogP contribution in [0.4, 0.5) is 18.9 Å². The molecule has 2 nitrogen and oxygen atoms in total. The Hall–Kier alpha value is -1.17. The van der Waals surface area contributed by atoms with Gasteiger partial charge in [0.1, 0.15) is 0 Å². The van der Waals surface area contributed by atoms with Crippen LogP contribution in [-0.4, -0.2) is 16.4 Å². The van der Waals surface area contributed by atoms with Crippen molar-refractivity contribution in [3.05, 3.63) is 29.6 Å². The first kappa shape index (κ1) is 14.9. The molecule has 0 atom stereocenters. The Morgan fingerprint density at radius 1 is 1.22 bits per heavy atom. The van der Waals surface area contributed by atoms with Gasteiger partial charge in [-0.3, -0.25) is 4.79 Å². The van der Waals surface area contributed by atoms with Crippen LogP contribution in [0, 0.1) is 17.5 Å². The molecule has 0 fully saturated rings. The first-order valence-electron chi connectivity index (χ1n) is 5.28. The number of amides is 1. The third-order valence-corrected chi connectivity index (χ3v) is 3.22. The highest BCUT2D eigenvalue weighted by Crippen LogP contribution is 2.24. The van der Waals surface area contributed by atoms with Gasteiger partial charge in [-0.1, -0.05) is 20.8 Å². The Labute approximate surface area is 108 Å². The lowest BCUT2D eigenvalue weighted by atomic mass is 10.3. The van der Waals surface area contributed by atoms with E-state index in [1.165, 1.54) is 11.8 Å². The van der Waals surface area contributed by atoms with Crippen LogP contribution in [0.3, 0.4) is 0 Å². The zero-order chi connectivity index (χ0) is 13.9. The lowest BCUT2D eigenvalue weighted by Gasteiger charge is -2.17. The third kappa shape index (κ3) is 4.25. The summed E-state index contributed by atoms with van der Waals surface area (Å²) in [5, 5.41) is 2.21. The lowest BCUT2D eigenvalue weighted by Crippen LogP contribution is -2.19. The molecule has 18 heavy (non-hydrogen) atoms. The van der Waals surface area contributed by atoms with Crippen molar-refractivity contribution >= 4 is 23.4 Å².